The molecule has 0 radical (unpaired) electrons. The summed E-state index contributed by atoms with van der Waals surface area (Å²) in [6.07, 6.45) is 0. The SMILES string of the molecule is c1ccc(-c2nc(-c3ccc(-c4ccccc4)c4ccccc34)nc(-c3cc(-c4ccc(-c5cccc6ccccc56)cc4)cc4oc5ccccc5c34)n2)cc1. The standard InChI is InChI=1S/C53H33N3O/c1-3-14-35(15-4-1)42-30-31-45(44-22-10-9-21-43(42)44)52-54-51(38-17-5-2-6-18-38)55-53(56-52)47-32-39(33-49-50(47)46-23-11-12-25-48(46)57-49)34-26-28-37(29-27-34)41-24-13-19-36-16-7-8-20-40(36)41/h1-33H. The van der Waals surface area contributed by atoms with Crippen LogP contribution in [0, 0.1) is 0 Å². The van der Waals surface area contributed by atoms with Crippen molar-refractivity contribution in [1.29, 1.82) is 0 Å². The van der Waals surface area contributed by atoms with Gasteiger partial charge in [-0.05, 0) is 79.2 Å². The molecule has 0 aliphatic carbocycles. The average molecular weight is 728 g/mol. The molecular weight excluding hydrogens is 695 g/mol. The Bertz CT molecular complexity index is 3270. The van der Waals surface area contributed by atoms with Gasteiger partial charge in [-0.1, -0.05) is 176 Å². The maximum Gasteiger partial charge on any atom is 0.164 e. The van der Waals surface area contributed by atoms with Crippen molar-refractivity contribution in [1.82, 2.24) is 15.0 Å². The van der Waals surface area contributed by atoms with Crippen molar-refractivity contribution in [2.75, 3.05) is 0 Å². The zero-order valence-electron chi connectivity index (χ0n) is 30.8. The van der Waals surface area contributed by atoms with Gasteiger partial charge in [0.25, 0.3) is 0 Å². The number of fused-ring (bicyclic) bond motifs is 5. The third-order valence-electron chi connectivity index (χ3n) is 11.0. The van der Waals surface area contributed by atoms with Crippen LogP contribution >= 0.6 is 0 Å². The number of benzene rings is 9. The molecular formula is C53H33N3O. The van der Waals surface area contributed by atoms with Gasteiger partial charge in [-0.25, -0.2) is 15.0 Å². The summed E-state index contributed by atoms with van der Waals surface area (Å²) in [4.78, 5) is 15.8. The van der Waals surface area contributed by atoms with E-state index in [-0.39, 0.29) is 0 Å². The topological polar surface area (TPSA) is 51.8 Å². The second-order valence-electron chi connectivity index (χ2n) is 14.3. The third kappa shape index (κ3) is 5.74. The van der Waals surface area contributed by atoms with E-state index in [0.29, 0.717) is 17.5 Å². The van der Waals surface area contributed by atoms with Gasteiger partial charge in [0.05, 0.1) is 0 Å². The first-order valence-electron chi connectivity index (χ1n) is 19.2. The van der Waals surface area contributed by atoms with E-state index in [0.717, 1.165) is 66.1 Å². The van der Waals surface area contributed by atoms with Crippen LogP contribution in [0.4, 0.5) is 0 Å². The lowest BCUT2D eigenvalue weighted by Crippen LogP contribution is -2.01. The molecule has 0 fully saturated rings. The number of nitrogens with zero attached hydrogens (tertiary/aromatic N) is 3. The Labute approximate surface area is 329 Å². The Morgan fingerprint density at radius 3 is 1.58 bits per heavy atom. The predicted octanol–water partition coefficient (Wildman–Crippen LogP) is 14.1. The summed E-state index contributed by atoms with van der Waals surface area (Å²) >= 11 is 0. The molecule has 0 N–H and O–H groups in total. The van der Waals surface area contributed by atoms with Crippen LogP contribution in [0.15, 0.2) is 205 Å². The van der Waals surface area contributed by atoms with Crippen molar-refractivity contribution in [3.8, 4) is 67.5 Å². The summed E-state index contributed by atoms with van der Waals surface area (Å²) in [7, 11) is 0. The van der Waals surface area contributed by atoms with Gasteiger partial charge in [0.1, 0.15) is 11.2 Å². The average Bonchev–Trinajstić information content (AvgIpc) is 3.67. The summed E-state index contributed by atoms with van der Waals surface area (Å²) < 4.78 is 6.59. The Balaban J connectivity index is 1.12. The van der Waals surface area contributed by atoms with Crippen molar-refractivity contribution >= 4 is 43.5 Å². The van der Waals surface area contributed by atoms with Gasteiger partial charge in [0, 0.05) is 27.5 Å². The van der Waals surface area contributed by atoms with Gasteiger partial charge in [0.15, 0.2) is 17.5 Å². The number of rotatable bonds is 6. The van der Waals surface area contributed by atoms with Crippen molar-refractivity contribution < 1.29 is 4.42 Å². The molecule has 11 rings (SSSR count). The summed E-state index contributed by atoms with van der Waals surface area (Å²) in [5.74, 6) is 1.80. The zero-order valence-corrected chi connectivity index (χ0v) is 30.8. The minimum atomic E-state index is 0.584. The number of furan rings is 1. The normalized spacial score (nSPS) is 11.5. The van der Waals surface area contributed by atoms with Gasteiger partial charge in [-0.3, -0.25) is 0 Å². The van der Waals surface area contributed by atoms with E-state index in [9.17, 15) is 0 Å². The summed E-state index contributed by atoms with van der Waals surface area (Å²) in [6.45, 7) is 0. The second kappa shape index (κ2) is 13.6. The molecule has 0 aliphatic rings. The monoisotopic (exact) mass is 727 g/mol. The molecule has 0 amide bonds. The molecule has 0 aliphatic heterocycles. The van der Waals surface area contributed by atoms with E-state index >= 15 is 0 Å². The van der Waals surface area contributed by atoms with E-state index < -0.39 is 0 Å². The first-order valence-corrected chi connectivity index (χ1v) is 19.2. The highest BCUT2D eigenvalue weighted by atomic mass is 16.3. The molecule has 9 aromatic carbocycles. The van der Waals surface area contributed by atoms with E-state index in [1.807, 2.05) is 36.4 Å². The molecule has 2 aromatic heterocycles. The summed E-state index contributed by atoms with van der Waals surface area (Å²) in [5.41, 5.74) is 11.1. The lowest BCUT2D eigenvalue weighted by molar-refractivity contribution is 0.669. The van der Waals surface area contributed by atoms with Crippen LogP contribution in [0.2, 0.25) is 0 Å². The summed E-state index contributed by atoms with van der Waals surface area (Å²) in [5, 5.41) is 6.67. The minimum absolute atomic E-state index is 0.584. The zero-order chi connectivity index (χ0) is 37.7. The van der Waals surface area contributed by atoms with Crippen molar-refractivity contribution in [2.45, 2.75) is 0 Å². The molecule has 0 unspecified atom stereocenters. The maximum atomic E-state index is 6.59. The van der Waals surface area contributed by atoms with Crippen molar-refractivity contribution in [2.24, 2.45) is 0 Å². The fourth-order valence-corrected chi connectivity index (χ4v) is 8.21. The van der Waals surface area contributed by atoms with Crippen LogP contribution in [-0.2, 0) is 0 Å². The van der Waals surface area contributed by atoms with Crippen molar-refractivity contribution in [3.05, 3.63) is 200 Å². The maximum absolute atomic E-state index is 6.59. The van der Waals surface area contributed by atoms with Crippen LogP contribution < -0.4 is 0 Å². The molecule has 4 heteroatoms. The molecule has 0 saturated heterocycles. The van der Waals surface area contributed by atoms with E-state index in [4.69, 9.17) is 19.4 Å². The Morgan fingerprint density at radius 1 is 0.281 bits per heavy atom. The van der Waals surface area contributed by atoms with Crippen LogP contribution in [0.5, 0.6) is 0 Å². The predicted molar refractivity (Wildman–Crippen MR) is 235 cm³/mol. The Hall–Kier alpha value is -7.69. The Morgan fingerprint density at radius 2 is 0.807 bits per heavy atom. The molecule has 11 aromatic rings. The number of aromatic nitrogens is 3. The quantitative estimate of drug-likeness (QED) is 0.171. The lowest BCUT2D eigenvalue weighted by Gasteiger charge is -2.14. The molecule has 0 spiro atoms. The number of hydrogen-bond acceptors (Lipinski definition) is 4. The van der Waals surface area contributed by atoms with Gasteiger partial charge >= 0.3 is 0 Å². The van der Waals surface area contributed by atoms with Crippen LogP contribution in [0.1, 0.15) is 0 Å². The highest BCUT2D eigenvalue weighted by molar-refractivity contribution is 6.13. The van der Waals surface area contributed by atoms with Gasteiger partial charge in [-0.2, -0.15) is 0 Å². The van der Waals surface area contributed by atoms with Gasteiger partial charge in [0.2, 0.25) is 0 Å². The van der Waals surface area contributed by atoms with Gasteiger partial charge in [-0.15, -0.1) is 0 Å². The van der Waals surface area contributed by atoms with E-state index in [1.165, 1.54) is 27.5 Å². The van der Waals surface area contributed by atoms with Gasteiger partial charge < -0.3 is 4.42 Å². The van der Waals surface area contributed by atoms with Crippen LogP contribution in [-0.4, -0.2) is 15.0 Å². The fraction of sp³-hybridized carbons (Fsp3) is 0. The first kappa shape index (κ1) is 32.7. The van der Waals surface area contributed by atoms with Crippen LogP contribution in [0.3, 0.4) is 0 Å². The van der Waals surface area contributed by atoms with Crippen LogP contribution in [0.25, 0.3) is 111 Å². The molecule has 57 heavy (non-hydrogen) atoms. The molecule has 4 nitrogen and oxygen atoms in total. The lowest BCUT2D eigenvalue weighted by atomic mass is 9.94. The molecule has 2 heterocycles. The Kier molecular flexibility index (Phi) is 7.78. The van der Waals surface area contributed by atoms with Crippen molar-refractivity contribution in [3.63, 3.8) is 0 Å². The number of para-hydroxylation sites is 1. The second-order valence-corrected chi connectivity index (χ2v) is 14.3. The number of hydrogen-bond donors (Lipinski definition) is 0. The highest BCUT2D eigenvalue weighted by Crippen LogP contribution is 2.41. The molecule has 0 atom stereocenters. The largest absolute Gasteiger partial charge is 0.456 e. The minimum Gasteiger partial charge on any atom is -0.456 e. The fourth-order valence-electron chi connectivity index (χ4n) is 8.21. The van der Waals surface area contributed by atoms with E-state index in [2.05, 4.69) is 164 Å². The first-order chi connectivity index (χ1) is 28.2. The third-order valence-corrected chi connectivity index (χ3v) is 11.0. The molecule has 0 bridgehead atoms. The molecule has 0 saturated carbocycles. The summed E-state index contributed by atoms with van der Waals surface area (Å²) in [6, 6.07) is 69.9. The smallest absolute Gasteiger partial charge is 0.164 e. The van der Waals surface area contributed by atoms with E-state index in [1.54, 1.807) is 0 Å². The molecule has 266 valence electrons. The highest BCUT2D eigenvalue weighted by Gasteiger charge is 2.21.